The highest BCUT2D eigenvalue weighted by atomic mass is 16.3. The van der Waals surface area contributed by atoms with E-state index in [0.717, 1.165) is 6.54 Å². The van der Waals surface area contributed by atoms with E-state index < -0.39 is 6.10 Å². The number of aliphatic hydroxyl groups is 1. The van der Waals surface area contributed by atoms with Gasteiger partial charge < -0.3 is 15.4 Å². The minimum absolute atomic E-state index is 0.223. The fourth-order valence-electron chi connectivity index (χ4n) is 0.843. The molecule has 0 spiro atoms. The van der Waals surface area contributed by atoms with Gasteiger partial charge >= 0.3 is 0 Å². The monoisotopic (exact) mass is 155 g/mol. The largest absolute Gasteiger partial charge is 0.385 e. The maximum absolute atomic E-state index is 9.24. The summed E-state index contributed by atoms with van der Waals surface area (Å²) >= 11 is 0. The molecular formula is C7H13N3O. The fraction of sp³-hybridized carbons (Fsp3) is 0.571. The van der Waals surface area contributed by atoms with Gasteiger partial charge in [-0.3, -0.25) is 0 Å². The molecule has 3 N–H and O–H groups in total. The van der Waals surface area contributed by atoms with E-state index in [1.807, 2.05) is 11.5 Å². The highest BCUT2D eigenvalue weighted by Gasteiger charge is 2.06. The van der Waals surface area contributed by atoms with Crippen molar-refractivity contribution >= 4 is 0 Å². The molecule has 1 heterocycles. The number of aromatic nitrogens is 2. The van der Waals surface area contributed by atoms with E-state index in [0.29, 0.717) is 5.69 Å². The molecule has 1 rings (SSSR count). The zero-order chi connectivity index (χ0) is 8.27. The first-order valence-electron chi connectivity index (χ1n) is 3.67. The molecular weight excluding hydrogens is 142 g/mol. The van der Waals surface area contributed by atoms with Crippen LogP contribution in [0.4, 0.5) is 0 Å². The third-order valence-electron chi connectivity index (χ3n) is 1.58. The first-order valence-corrected chi connectivity index (χ1v) is 3.67. The minimum atomic E-state index is -0.622. The van der Waals surface area contributed by atoms with Crippen LogP contribution in [-0.2, 0) is 6.54 Å². The van der Waals surface area contributed by atoms with Gasteiger partial charge in [0.05, 0.1) is 12.0 Å². The van der Waals surface area contributed by atoms with Gasteiger partial charge in [-0.2, -0.15) is 0 Å². The van der Waals surface area contributed by atoms with Crippen molar-refractivity contribution in [1.29, 1.82) is 0 Å². The van der Waals surface area contributed by atoms with Crippen molar-refractivity contribution in [2.75, 3.05) is 6.54 Å². The summed E-state index contributed by atoms with van der Waals surface area (Å²) in [6.45, 7) is 3.10. The number of hydrogen-bond donors (Lipinski definition) is 2. The maximum Gasteiger partial charge on any atom is 0.110 e. The van der Waals surface area contributed by atoms with Crippen molar-refractivity contribution in [2.24, 2.45) is 5.73 Å². The molecule has 4 heteroatoms. The van der Waals surface area contributed by atoms with E-state index in [1.54, 1.807) is 12.5 Å². The number of rotatable bonds is 3. The van der Waals surface area contributed by atoms with Gasteiger partial charge in [0.1, 0.15) is 6.10 Å². The molecule has 0 radical (unpaired) electrons. The van der Waals surface area contributed by atoms with E-state index >= 15 is 0 Å². The fourth-order valence-corrected chi connectivity index (χ4v) is 0.843. The van der Waals surface area contributed by atoms with Crippen molar-refractivity contribution in [3.63, 3.8) is 0 Å². The van der Waals surface area contributed by atoms with Gasteiger partial charge in [0.2, 0.25) is 0 Å². The lowest BCUT2D eigenvalue weighted by Gasteiger charge is -2.01. The predicted molar refractivity (Wildman–Crippen MR) is 41.9 cm³/mol. The summed E-state index contributed by atoms with van der Waals surface area (Å²) in [5, 5.41) is 9.24. The standard InChI is InChI=1S/C7H13N3O/c1-2-10-4-6(9-5-10)7(11)3-8/h4-5,7,11H,2-3,8H2,1H3. The van der Waals surface area contributed by atoms with E-state index in [4.69, 9.17) is 5.73 Å². The Morgan fingerprint density at radius 1 is 1.82 bits per heavy atom. The number of nitrogens with zero attached hydrogens (tertiary/aromatic N) is 2. The van der Waals surface area contributed by atoms with Gasteiger partial charge in [-0.05, 0) is 6.92 Å². The van der Waals surface area contributed by atoms with Gasteiger partial charge in [0.15, 0.2) is 0 Å². The van der Waals surface area contributed by atoms with Crippen molar-refractivity contribution in [1.82, 2.24) is 9.55 Å². The van der Waals surface area contributed by atoms with E-state index in [-0.39, 0.29) is 6.54 Å². The SMILES string of the molecule is CCn1cnc(C(O)CN)c1. The maximum atomic E-state index is 9.24. The van der Waals surface area contributed by atoms with Crippen LogP contribution in [0.1, 0.15) is 18.7 Å². The number of aliphatic hydroxyl groups excluding tert-OH is 1. The second-order valence-electron chi connectivity index (χ2n) is 2.38. The second kappa shape index (κ2) is 3.50. The topological polar surface area (TPSA) is 64.1 Å². The normalized spacial score (nSPS) is 13.4. The summed E-state index contributed by atoms with van der Waals surface area (Å²) in [5.41, 5.74) is 5.90. The molecule has 0 aliphatic heterocycles. The first-order chi connectivity index (χ1) is 5.27. The Labute approximate surface area is 65.7 Å². The van der Waals surface area contributed by atoms with Crippen LogP contribution in [0.2, 0.25) is 0 Å². The lowest BCUT2D eigenvalue weighted by molar-refractivity contribution is 0.182. The molecule has 1 aromatic heterocycles. The lowest BCUT2D eigenvalue weighted by Crippen LogP contribution is -2.11. The summed E-state index contributed by atoms with van der Waals surface area (Å²) in [6, 6.07) is 0. The molecule has 0 amide bonds. The number of hydrogen-bond acceptors (Lipinski definition) is 3. The van der Waals surface area contributed by atoms with Gasteiger partial charge in [0.25, 0.3) is 0 Å². The van der Waals surface area contributed by atoms with Crippen LogP contribution in [-0.4, -0.2) is 21.2 Å². The Morgan fingerprint density at radius 3 is 3.00 bits per heavy atom. The molecule has 1 unspecified atom stereocenters. The average Bonchev–Trinajstić information content (AvgIpc) is 2.50. The molecule has 1 aromatic rings. The molecule has 1 atom stereocenters. The van der Waals surface area contributed by atoms with Crippen LogP contribution >= 0.6 is 0 Å². The van der Waals surface area contributed by atoms with E-state index in [9.17, 15) is 5.11 Å². The molecule has 0 fully saturated rings. The van der Waals surface area contributed by atoms with E-state index in [1.165, 1.54) is 0 Å². The number of nitrogens with two attached hydrogens (primary N) is 1. The molecule has 0 saturated heterocycles. The number of aryl methyl sites for hydroxylation is 1. The minimum Gasteiger partial charge on any atom is -0.385 e. The molecule has 0 aliphatic rings. The Hall–Kier alpha value is -0.870. The summed E-state index contributed by atoms with van der Waals surface area (Å²) < 4.78 is 1.90. The van der Waals surface area contributed by atoms with E-state index in [2.05, 4.69) is 4.98 Å². The van der Waals surface area contributed by atoms with Crippen LogP contribution in [0.15, 0.2) is 12.5 Å². The molecule has 0 aromatic carbocycles. The zero-order valence-electron chi connectivity index (χ0n) is 6.57. The Balaban J connectivity index is 2.71. The summed E-state index contributed by atoms with van der Waals surface area (Å²) in [6.07, 6.45) is 2.87. The second-order valence-corrected chi connectivity index (χ2v) is 2.38. The number of imidazole rings is 1. The van der Waals surface area contributed by atoms with Crippen molar-refractivity contribution in [3.8, 4) is 0 Å². The van der Waals surface area contributed by atoms with Crippen LogP contribution in [0.3, 0.4) is 0 Å². The molecule has 11 heavy (non-hydrogen) atoms. The van der Waals surface area contributed by atoms with Crippen LogP contribution in [0.5, 0.6) is 0 Å². The van der Waals surface area contributed by atoms with Crippen LogP contribution in [0.25, 0.3) is 0 Å². The Bertz CT molecular complexity index is 221. The van der Waals surface area contributed by atoms with Crippen LogP contribution in [0, 0.1) is 0 Å². The first kappa shape index (κ1) is 8.23. The third-order valence-corrected chi connectivity index (χ3v) is 1.58. The molecule has 62 valence electrons. The zero-order valence-corrected chi connectivity index (χ0v) is 6.57. The summed E-state index contributed by atoms with van der Waals surface area (Å²) in [5.74, 6) is 0. The molecule has 0 aliphatic carbocycles. The van der Waals surface area contributed by atoms with Crippen molar-refractivity contribution in [2.45, 2.75) is 19.6 Å². The third kappa shape index (κ3) is 1.78. The smallest absolute Gasteiger partial charge is 0.110 e. The Kier molecular flexibility index (Phi) is 2.62. The molecule has 4 nitrogen and oxygen atoms in total. The molecule has 0 saturated carbocycles. The van der Waals surface area contributed by atoms with Crippen molar-refractivity contribution < 1.29 is 5.11 Å². The summed E-state index contributed by atoms with van der Waals surface area (Å²) in [4.78, 5) is 3.99. The van der Waals surface area contributed by atoms with Gasteiger partial charge in [-0.15, -0.1) is 0 Å². The van der Waals surface area contributed by atoms with Crippen molar-refractivity contribution in [3.05, 3.63) is 18.2 Å². The highest BCUT2D eigenvalue weighted by Crippen LogP contribution is 2.06. The van der Waals surface area contributed by atoms with Gasteiger partial charge in [-0.1, -0.05) is 0 Å². The highest BCUT2D eigenvalue weighted by molar-refractivity contribution is 5.00. The van der Waals surface area contributed by atoms with Crippen LogP contribution < -0.4 is 5.73 Å². The molecule has 0 bridgehead atoms. The summed E-state index contributed by atoms with van der Waals surface area (Å²) in [7, 11) is 0. The quantitative estimate of drug-likeness (QED) is 0.640. The lowest BCUT2D eigenvalue weighted by atomic mass is 10.3. The average molecular weight is 155 g/mol. The predicted octanol–water partition coefficient (Wildman–Crippen LogP) is -0.105. The Morgan fingerprint density at radius 2 is 2.55 bits per heavy atom. The van der Waals surface area contributed by atoms with Gasteiger partial charge in [0, 0.05) is 19.3 Å². The van der Waals surface area contributed by atoms with Gasteiger partial charge in [-0.25, -0.2) is 4.98 Å².